The summed E-state index contributed by atoms with van der Waals surface area (Å²) < 4.78 is 6.29. The number of hydrogen-bond acceptors (Lipinski definition) is 2. The van der Waals surface area contributed by atoms with Gasteiger partial charge in [0.25, 0.3) is 0 Å². The predicted octanol–water partition coefficient (Wildman–Crippen LogP) is 4.34. The second kappa shape index (κ2) is 5.47. The van der Waals surface area contributed by atoms with Gasteiger partial charge >= 0.3 is 5.97 Å². The number of carbonyl (C=O) groups excluding carboxylic acids is 1. The van der Waals surface area contributed by atoms with Crippen molar-refractivity contribution in [1.82, 2.24) is 0 Å². The van der Waals surface area contributed by atoms with E-state index in [1.54, 1.807) is 0 Å². The van der Waals surface area contributed by atoms with E-state index < -0.39 is 0 Å². The van der Waals surface area contributed by atoms with Crippen molar-refractivity contribution in [2.45, 2.75) is 26.2 Å². The Hall–Kier alpha value is 0.390. The molecule has 0 aromatic heterocycles. The minimum absolute atomic E-state index is 0.317. The number of esters is 1. The van der Waals surface area contributed by atoms with Crippen LogP contribution in [-0.2, 0) is 9.53 Å². The Morgan fingerprint density at radius 2 is 2.07 bits per heavy atom. The molecule has 0 atom stereocenters. The lowest BCUT2D eigenvalue weighted by molar-refractivity contribution is -0.132. The zero-order valence-electron chi connectivity index (χ0n) is 7.57. The monoisotopic (exact) mass is 386 g/mol. The summed E-state index contributed by atoms with van der Waals surface area (Å²) in [5.74, 6) is 0.276. The van der Waals surface area contributed by atoms with Gasteiger partial charge in [0.1, 0.15) is 7.87 Å². The third-order valence-electron chi connectivity index (χ3n) is 1.86. The van der Waals surface area contributed by atoms with Crippen LogP contribution in [0, 0.1) is 0 Å². The molecule has 1 aliphatic rings. The first-order valence-electron chi connectivity index (χ1n) is 4.24. The summed E-state index contributed by atoms with van der Waals surface area (Å²) in [6, 6.07) is 0. The molecule has 1 aliphatic heterocycles. The van der Waals surface area contributed by atoms with Gasteiger partial charge in [-0.1, -0.05) is 13.3 Å². The SMILES string of the molecule is CCCCC1=C(Br)C(=O)OC1=C(Br)Br. The highest BCUT2D eigenvalue weighted by atomic mass is 79.9. The van der Waals surface area contributed by atoms with Gasteiger partial charge in [-0.3, -0.25) is 0 Å². The molecule has 0 radical (unpaired) electrons. The maximum absolute atomic E-state index is 11.3. The van der Waals surface area contributed by atoms with Gasteiger partial charge in [-0.15, -0.1) is 0 Å². The Morgan fingerprint density at radius 3 is 2.57 bits per heavy atom. The number of allylic oxidation sites excluding steroid dienone is 1. The molecule has 78 valence electrons. The maximum Gasteiger partial charge on any atom is 0.351 e. The van der Waals surface area contributed by atoms with Crippen LogP contribution in [0.15, 0.2) is 19.2 Å². The molecule has 14 heavy (non-hydrogen) atoms. The molecule has 0 saturated heterocycles. The van der Waals surface area contributed by atoms with Crippen LogP contribution in [-0.4, -0.2) is 5.97 Å². The van der Waals surface area contributed by atoms with E-state index in [-0.39, 0.29) is 5.97 Å². The van der Waals surface area contributed by atoms with E-state index in [4.69, 9.17) is 4.74 Å². The van der Waals surface area contributed by atoms with Crippen molar-refractivity contribution in [3.63, 3.8) is 0 Å². The first kappa shape index (κ1) is 12.5. The highest BCUT2D eigenvalue weighted by molar-refractivity contribution is 9.28. The fourth-order valence-electron chi connectivity index (χ4n) is 1.15. The Labute approximate surface area is 108 Å². The van der Waals surface area contributed by atoms with Crippen molar-refractivity contribution >= 4 is 53.8 Å². The van der Waals surface area contributed by atoms with E-state index in [0.717, 1.165) is 24.8 Å². The molecule has 0 saturated carbocycles. The Morgan fingerprint density at radius 1 is 1.43 bits per heavy atom. The van der Waals surface area contributed by atoms with Gasteiger partial charge in [0.15, 0.2) is 5.76 Å². The van der Waals surface area contributed by atoms with E-state index in [2.05, 4.69) is 54.7 Å². The minimum atomic E-state index is -0.317. The van der Waals surface area contributed by atoms with E-state index in [1.807, 2.05) is 0 Å². The lowest BCUT2D eigenvalue weighted by atomic mass is 10.1. The molecule has 0 aromatic carbocycles. The van der Waals surface area contributed by atoms with Crippen molar-refractivity contribution in [3.8, 4) is 0 Å². The summed E-state index contributed by atoms with van der Waals surface area (Å²) in [7, 11) is 0. The molecule has 0 amide bonds. The van der Waals surface area contributed by atoms with Crippen LogP contribution in [0.25, 0.3) is 0 Å². The molecule has 0 aromatic rings. The number of unbranched alkanes of at least 4 members (excludes halogenated alkanes) is 1. The summed E-state index contributed by atoms with van der Waals surface area (Å²) in [4.78, 5) is 11.3. The van der Waals surface area contributed by atoms with Crippen molar-refractivity contribution in [2.24, 2.45) is 0 Å². The summed E-state index contributed by atoms with van der Waals surface area (Å²) in [5, 5.41) is 0. The van der Waals surface area contributed by atoms with Crippen LogP contribution in [0.5, 0.6) is 0 Å². The third kappa shape index (κ3) is 2.70. The van der Waals surface area contributed by atoms with Crippen LogP contribution >= 0.6 is 47.8 Å². The Kier molecular flexibility index (Phi) is 4.87. The van der Waals surface area contributed by atoms with E-state index in [9.17, 15) is 4.79 Å². The topological polar surface area (TPSA) is 26.3 Å². The number of halogens is 3. The van der Waals surface area contributed by atoms with Gasteiger partial charge in [-0.05, 0) is 60.6 Å². The summed E-state index contributed by atoms with van der Waals surface area (Å²) in [6.07, 6.45) is 2.97. The molecule has 0 aliphatic carbocycles. The molecule has 0 bridgehead atoms. The normalized spacial score (nSPS) is 16.3. The molecule has 0 fully saturated rings. The molecule has 0 spiro atoms. The van der Waals surface area contributed by atoms with Gasteiger partial charge in [0.2, 0.25) is 0 Å². The zero-order valence-corrected chi connectivity index (χ0v) is 12.3. The molecule has 1 heterocycles. The third-order valence-corrected chi connectivity index (χ3v) is 3.39. The highest BCUT2D eigenvalue weighted by Crippen LogP contribution is 2.38. The molecule has 0 unspecified atom stereocenters. The number of rotatable bonds is 3. The van der Waals surface area contributed by atoms with Crippen LogP contribution in [0.4, 0.5) is 0 Å². The van der Waals surface area contributed by atoms with E-state index >= 15 is 0 Å². The fourth-order valence-corrected chi connectivity index (χ4v) is 2.25. The second-order valence-corrected chi connectivity index (χ2v) is 6.32. The molecule has 1 rings (SSSR count). The molecule has 2 nitrogen and oxygen atoms in total. The minimum Gasteiger partial charge on any atom is -0.420 e. The Bertz CT molecular complexity index is 314. The number of hydrogen-bond donors (Lipinski definition) is 0. The van der Waals surface area contributed by atoms with E-state index in [1.165, 1.54) is 0 Å². The average molecular weight is 389 g/mol. The molecular formula is C9H9Br3O2. The van der Waals surface area contributed by atoms with Gasteiger partial charge in [-0.25, -0.2) is 4.79 Å². The zero-order chi connectivity index (χ0) is 10.7. The van der Waals surface area contributed by atoms with Crippen molar-refractivity contribution in [1.29, 1.82) is 0 Å². The highest BCUT2D eigenvalue weighted by Gasteiger charge is 2.29. The first-order chi connectivity index (χ1) is 6.57. The van der Waals surface area contributed by atoms with Crippen LogP contribution in [0.3, 0.4) is 0 Å². The van der Waals surface area contributed by atoms with Crippen molar-refractivity contribution in [3.05, 3.63) is 19.2 Å². The van der Waals surface area contributed by atoms with Gasteiger partial charge in [-0.2, -0.15) is 0 Å². The van der Waals surface area contributed by atoms with Crippen molar-refractivity contribution in [2.75, 3.05) is 0 Å². The molecule has 5 heteroatoms. The average Bonchev–Trinajstić information content (AvgIpc) is 2.41. The van der Waals surface area contributed by atoms with Gasteiger partial charge in [0, 0.05) is 5.57 Å². The Balaban J connectivity index is 2.94. The quantitative estimate of drug-likeness (QED) is 0.672. The number of carbonyl (C=O) groups is 1. The molecule has 0 N–H and O–H groups in total. The standard InChI is InChI=1S/C9H9Br3O2/c1-2-3-4-5-6(10)9(13)14-7(5)8(11)12/h2-4H2,1H3. The van der Waals surface area contributed by atoms with Crippen LogP contribution in [0.1, 0.15) is 26.2 Å². The lowest BCUT2D eigenvalue weighted by Gasteiger charge is -2.03. The van der Waals surface area contributed by atoms with Crippen LogP contribution < -0.4 is 0 Å². The fraction of sp³-hybridized carbons (Fsp3) is 0.444. The number of cyclic esters (lactones) is 1. The van der Waals surface area contributed by atoms with Crippen molar-refractivity contribution < 1.29 is 9.53 Å². The second-order valence-electron chi connectivity index (χ2n) is 2.88. The molecular weight excluding hydrogens is 380 g/mol. The lowest BCUT2D eigenvalue weighted by Crippen LogP contribution is -1.93. The maximum atomic E-state index is 11.3. The first-order valence-corrected chi connectivity index (χ1v) is 6.62. The van der Waals surface area contributed by atoms with Gasteiger partial charge < -0.3 is 4.74 Å². The number of ether oxygens (including phenoxy) is 1. The van der Waals surface area contributed by atoms with Crippen LogP contribution in [0.2, 0.25) is 0 Å². The van der Waals surface area contributed by atoms with Gasteiger partial charge in [0.05, 0.1) is 0 Å². The smallest absolute Gasteiger partial charge is 0.351 e. The largest absolute Gasteiger partial charge is 0.420 e. The summed E-state index contributed by atoms with van der Waals surface area (Å²) in [5.41, 5.74) is 0.931. The predicted molar refractivity (Wildman–Crippen MR) is 66.5 cm³/mol. The summed E-state index contributed by atoms with van der Waals surface area (Å²) in [6.45, 7) is 2.11. The van der Waals surface area contributed by atoms with E-state index in [0.29, 0.717) is 13.6 Å². The summed E-state index contributed by atoms with van der Waals surface area (Å²) >= 11 is 9.74.